The molecule has 3 aromatic carbocycles. The minimum Gasteiger partial charge on any atom is -0.457 e. The number of benzene rings is 3. The van der Waals surface area contributed by atoms with Crippen molar-refractivity contribution in [2.75, 3.05) is 4.90 Å². The Bertz CT molecular complexity index is 1640. The number of para-hydroxylation sites is 1. The molecule has 3 heterocycles. The Kier molecular flexibility index (Phi) is 6.49. The molecule has 1 aliphatic heterocycles. The summed E-state index contributed by atoms with van der Waals surface area (Å²) in [5.41, 5.74) is 3.40. The van der Waals surface area contributed by atoms with E-state index >= 15 is 0 Å². The van der Waals surface area contributed by atoms with Crippen LogP contribution in [0.2, 0.25) is 5.02 Å². The fraction of sp³-hybridized carbons (Fsp3) is 0. The van der Waals surface area contributed by atoms with E-state index in [4.69, 9.17) is 21.0 Å². The number of amidine groups is 1. The van der Waals surface area contributed by atoms with Crippen LogP contribution < -0.4 is 4.90 Å². The number of hydrogen-bond acceptors (Lipinski definition) is 6. The van der Waals surface area contributed by atoms with Crippen molar-refractivity contribution in [2.45, 2.75) is 0 Å². The number of carbonyl (C=O) groups is 1. The summed E-state index contributed by atoms with van der Waals surface area (Å²) in [6.07, 6.45) is 1.74. The van der Waals surface area contributed by atoms with Gasteiger partial charge in [-0.3, -0.25) is 9.69 Å². The van der Waals surface area contributed by atoms with Gasteiger partial charge in [-0.15, -0.1) is 11.3 Å². The van der Waals surface area contributed by atoms with Gasteiger partial charge < -0.3 is 4.42 Å². The number of amides is 1. The van der Waals surface area contributed by atoms with Crippen LogP contribution in [0.4, 0.5) is 10.8 Å². The third kappa shape index (κ3) is 4.89. The predicted molar refractivity (Wildman–Crippen MR) is 153 cm³/mol. The quantitative estimate of drug-likeness (QED) is 0.210. The zero-order chi connectivity index (χ0) is 25.2. The van der Waals surface area contributed by atoms with Crippen LogP contribution >= 0.6 is 34.7 Å². The number of thioether (sulfide) groups is 1. The second-order valence-electron chi connectivity index (χ2n) is 8.04. The number of anilines is 1. The van der Waals surface area contributed by atoms with Crippen LogP contribution in [0.15, 0.2) is 117 Å². The van der Waals surface area contributed by atoms with Crippen LogP contribution in [-0.2, 0) is 4.79 Å². The Hall–Kier alpha value is -3.91. The molecule has 180 valence electrons. The van der Waals surface area contributed by atoms with Crippen molar-refractivity contribution in [3.05, 3.63) is 118 Å². The smallest absolute Gasteiger partial charge is 0.271 e. The molecule has 0 N–H and O–H groups in total. The second-order valence-corrected chi connectivity index (χ2v) is 10.3. The number of nitrogens with zero attached hydrogens (tertiary/aromatic N) is 3. The molecule has 6 rings (SSSR count). The third-order valence-corrected chi connectivity index (χ3v) is 7.65. The lowest BCUT2D eigenvalue weighted by molar-refractivity contribution is -0.113. The summed E-state index contributed by atoms with van der Waals surface area (Å²) < 4.78 is 6.01. The summed E-state index contributed by atoms with van der Waals surface area (Å²) in [7, 11) is 0. The van der Waals surface area contributed by atoms with E-state index in [0.717, 1.165) is 22.5 Å². The van der Waals surface area contributed by atoms with Gasteiger partial charge in [0.1, 0.15) is 11.5 Å². The lowest BCUT2D eigenvalue weighted by Gasteiger charge is -2.14. The van der Waals surface area contributed by atoms with Crippen molar-refractivity contribution in [3.8, 4) is 22.6 Å². The van der Waals surface area contributed by atoms with Crippen molar-refractivity contribution in [1.29, 1.82) is 0 Å². The molecule has 2 aromatic heterocycles. The molecular weight excluding hydrogens is 522 g/mol. The number of hydrogen-bond donors (Lipinski definition) is 0. The van der Waals surface area contributed by atoms with Gasteiger partial charge in [0.2, 0.25) is 5.13 Å². The number of halogens is 1. The lowest BCUT2D eigenvalue weighted by atomic mass is 10.2. The Labute approximate surface area is 226 Å². The van der Waals surface area contributed by atoms with E-state index in [2.05, 4.69) is 4.98 Å². The van der Waals surface area contributed by atoms with Crippen molar-refractivity contribution >= 4 is 62.7 Å². The molecule has 0 bridgehead atoms. The number of carbonyl (C=O) groups excluding carboxylic acids is 1. The first-order valence-corrected chi connectivity index (χ1v) is 13.5. The largest absolute Gasteiger partial charge is 0.457 e. The average molecular weight is 540 g/mol. The Morgan fingerprint density at radius 2 is 1.62 bits per heavy atom. The van der Waals surface area contributed by atoms with Gasteiger partial charge in [0.25, 0.3) is 5.91 Å². The van der Waals surface area contributed by atoms with E-state index in [9.17, 15) is 4.79 Å². The normalized spacial score (nSPS) is 15.7. The SMILES string of the molecule is O=C1/C(=C\c2ccc(-c3ccccc3Cl)o2)S/C(=N/c2nc(-c3ccccc3)cs2)N1c1ccccc1. The highest BCUT2D eigenvalue weighted by Crippen LogP contribution is 2.39. The summed E-state index contributed by atoms with van der Waals surface area (Å²) >= 11 is 9.05. The molecule has 1 fully saturated rings. The van der Waals surface area contributed by atoms with Crippen molar-refractivity contribution in [3.63, 3.8) is 0 Å². The van der Waals surface area contributed by atoms with Crippen LogP contribution in [0.3, 0.4) is 0 Å². The van der Waals surface area contributed by atoms with Gasteiger partial charge in [0.15, 0.2) is 5.17 Å². The van der Waals surface area contributed by atoms with E-state index in [1.54, 1.807) is 11.0 Å². The number of rotatable bonds is 5. The molecule has 0 saturated carbocycles. The number of furan rings is 1. The molecule has 0 spiro atoms. The summed E-state index contributed by atoms with van der Waals surface area (Å²) in [4.78, 5) is 25.1. The van der Waals surface area contributed by atoms with Gasteiger partial charge in [-0.1, -0.05) is 72.3 Å². The standard InChI is InChI=1S/C29H18ClN3O2S2/c30-23-14-8-7-13-22(23)25-16-15-21(35-25)17-26-27(34)33(20-11-5-2-6-12-20)29(37-26)32-28-31-24(18-36-28)19-9-3-1-4-10-19/h1-18H/b26-17+,32-29+. The molecule has 1 amide bonds. The highest BCUT2D eigenvalue weighted by Gasteiger charge is 2.35. The zero-order valence-electron chi connectivity index (χ0n) is 19.2. The topological polar surface area (TPSA) is 58.7 Å². The first-order valence-electron chi connectivity index (χ1n) is 11.4. The molecule has 0 unspecified atom stereocenters. The minimum atomic E-state index is -0.175. The first kappa shape index (κ1) is 23.5. The molecule has 37 heavy (non-hydrogen) atoms. The monoisotopic (exact) mass is 539 g/mol. The second kappa shape index (κ2) is 10.2. The molecule has 5 nitrogen and oxygen atoms in total. The van der Waals surface area contributed by atoms with Crippen LogP contribution in [0.25, 0.3) is 28.7 Å². The van der Waals surface area contributed by atoms with Gasteiger partial charge in [-0.25, -0.2) is 4.98 Å². The Morgan fingerprint density at radius 1 is 0.892 bits per heavy atom. The average Bonchev–Trinajstić information content (AvgIpc) is 3.66. The maximum absolute atomic E-state index is 13.5. The van der Waals surface area contributed by atoms with Crippen LogP contribution in [-0.4, -0.2) is 16.1 Å². The van der Waals surface area contributed by atoms with E-state index in [-0.39, 0.29) is 5.91 Å². The summed E-state index contributed by atoms with van der Waals surface area (Å²) in [5, 5.41) is 3.69. The summed E-state index contributed by atoms with van der Waals surface area (Å²) in [5.74, 6) is 1.02. The van der Waals surface area contributed by atoms with Gasteiger partial charge in [0.05, 0.1) is 21.3 Å². The molecule has 1 saturated heterocycles. The Balaban J connectivity index is 1.35. The van der Waals surface area contributed by atoms with Gasteiger partial charge in [-0.2, -0.15) is 4.99 Å². The maximum atomic E-state index is 13.5. The predicted octanol–water partition coefficient (Wildman–Crippen LogP) is 8.53. The number of aromatic nitrogens is 1. The number of thiazole rings is 1. The Morgan fingerprint density at radius 3 is 2.41 bits per heavy atom. The molecule has 0 aliphatic carbocycles. The highest BCUT2D eigenvalue weighted by molar-refractivity contribution is 8.19. The molecule has 8 heteroatoms. The molecule has 0 atom stereocenters. The van der Waals surface area contributed by atoms with Crippen LogP contribution in [0.5, 0.6) is 0 Å². The van der Waals surface area contributed by atoms with Gasteiger partial charge in [0, 0.05) is 22.6 Å². The molecule has 0 radical (unpaired) electrons. The number of aliphatic imine (C=N–C) groups is 1. The molecule has 1 aliphatic rings. The van der Waals surface area contributed by atoms with Crippen molar-refractivity contribution < 1.29 is 9.21 Å². The minimum absolute atomic E-state index is 0.175. The van der Waals surface area contributed by atoms with Gasteiger partial charge in [-0.05, 0) is 48.2 Å². The van der Waals surface area contributed by atoms with E-state index in [0.29, 0.717) is 31.7 Å². The fourth-order valence-electron chi connectivity index (χ4n) is 3.86. The fourth-order valence-corrected chi connectivity index (χ4v) is 5.80. The third-order valence-electron chi connectivity index (χ3n) is 5.61. The summed E-state index contributed by atoms with van der Waals surface area (Å²) in [6.45, 7) is 0. The zero-order valence-corrected chi connectivity index (χ0v) is 21.6. The summed E-state index contributed by atoms with van der Waals surface area (Å²) in [6, 6.07) is 30.6. The molecule has 5 aromatic rings. The van der Waals surface area contributed by atoms with E-state index in [1.165, 1.54) is 23.1 Å². The van der Waals surface area contributed by atoms with Crippen molar-refractivity contribution in [2.24, 2.45) is 4.99 Å². The van der Waals surface area contributed by atoms with Crippen LogP contribution in [0.1, 0.15) is 5.76 Å². The van der Waals surface area contributed by atoms with Gasteiger partial charge >= 0.3 is 0 Å². The van der Waals surface area contributed by atoms with E-state index < -0.39 is 0 Å². The van der Waals surface area contributed by atoms with Crippen LogP contribution in [0, 0.1) is 0 Å². The highest BCUT2D eigenvalue weighted by atomic mass is 35.5. The lowest BCUT2D eigenvalue weighted by Crippen LogP contribution is -2.28. The first-order chi connectivity index (χ1) is 18.2. The maximum Gasteiger partial charge on any atom is 0.271 e. The van der Waals surface area contributed by atoms with Crippen molar-refractivity contribution in [1.82, 2.24) is 4.98 Å². The molecular formula is C29H18ClN3O2S2. The van der Waals surface area contributed by atoms with E-state index in [1.807, 2.05) is 102 Å².